The summed E-state index contributed by atoms with van der Waals surface area (Å²) >= 11 is 1.58. The number of amides is 1. The molecule has 2 N–H and O–H groups in total. The second kappa shape index (κ2) is 6.86. The van der Waals surface area contributed by atoms with Crippen molar-refractivity contribution >= 4 is 22.9 Å². The van der Waals surface area contributed by atoms with Gasteiger partial charge >= 0.3 is 0 Å². The molecule has 4 nitrogen and oxygen atoms in total. The van der Waals surface area contributed by atoms with E-state index >= 15 is 0 Å². The number of hydrogen-bond donors (Lipinski definition) is 2. The van der Waals surface area contributed by atoms with E-state index in [4.69, 9.17) is 0 Å². The minimum absolute atomic E-state index is 0.0935. The summed E-state index contributed by atoms with van der Waals surface area (Å²) < 4.78 is 0. The van der Waals surface area contributed by atoms with Gasteiger partial charge in [0.1, 0.15) is 0 Å². The number of thiazole rings is 1. The number of anilines is 1. The van der Waals surface area contributed by atoms with Gasteiger partial charge in [-0.2, -0.15) is 0 Å². The zero-order valence-corrected chi connectivity index (χ0v) is 12.1. The van der Waals surface area contributed by atoms with Crippen LogP contribution in [0.3, 0.4) is 0 Å². The van der Waals surface area contributed by atoms with Gasteiger partial charge in [0.15, 0.2) is 0 Å². The smallest absolute Gasteiger partial charge is 0.251 e. The molecular weight excluding hydrogens is 270 g/mol. The van der Waals surface area contributed by atoms with Crippen molar-refractivity contribution in [2.45, 2.75) is 13.0 Å². The van der Waals surface area contributed by atoms with Crippen LogP contribution in [0.1, 0.15) is 29.0 Å². The van der Waals surface area contributed by atoms with Gasteiger partial charge in [-0.1, -0.05) is 6.08 Å². The monoisotopic (exact) mass is 287 g/mol. The molecule has 0 bridgehead atoms. The molecule has 0 fully saturated rings. The van der Waals surface area contributed by atoms with Crippen molar-refractivity contribution in [3.8, 4) is 0 Å². The van der Waals surface area contributed by atoms with Crippen LogP contribution >= 0.6 is 11.3 Å². The summed E-state index contributed by atoms with van der Waals surface area (Å²) in [6, 6.07) is 7.53. The van der Waals surface area contributed by atoms with E-state index in [0.717, 1.165) is 11.4 Å². The predicted molar refractivity (Wildman–Crippen MR) is 83.1 cm³/mol. The Hall–Kier alpha value is -2.14. The zero-order valence-electron chi connectivity index (χ0n) is 11.3. The van der Waals surface area contributed by atoms with Crippen LogP contribution in [0, 0.1) is 0 Å². The SMILES string of the molecule is C=CCNC(=O)c1ccc(NC(C)c2cscn2)cc1. The second-order valence-electron chi connectivity index (χ2n) is 4.36. The number of hydrogen-bond acceptors (Lipinski definition) is 4. The molecule has 0 saturated carbocycles. The van der Waals surface area contributed by atoms with E-state index in [0.29, 0.717) is 12.1 Å². The van der Waals surface area contributed by atoms with E-state index in [1.54, 1.807) is 29.5 Å². The predicted octanol–water partition coefficient (Wildman–Crippen LogP) is 3.23. The van der Waals surface area contributed by atoms with Crippen molar-refractivity contribution in [2.24, 2.45) is 0 Å². The van der Waals surface area contributed by atoms with Crippen molar-refractivity contribution in [3.63, 3.8) is 0 Å². The Balaban J connectivity index is 1.97. The van der Waals surface area contributed by atoms with Gasteiger partial charge in [-0.3, -0.25) is 4.79 Å². The minimum Gasteiger partial charge on any atom is -0.377 e. The van der Waals surface area contributed by atoms with Gasteiger partial charge < -0.3 is 10.6 Å². The van der Waals surface area contributed by atoms with Crippen LogP contribution in [0.15, 0.2) is 47.8 Å². The van der Waals surface area contributed by atoms with Gasteiger partial charge in [-0.05, 0) is 31.2 Å². The zero-order chi connectivity index (χ0) is 14.4. The Bertz CT molecular complexity index is 563. The van der Waals surface area contributed by atoms with Crippen LogP contribution in [0.2, 0.25) is 0 Å². The van der Waals surface area contributed by atoms with Crippen LogP contribution in [0.25, 0.3) is 0 Å². The molecule has 0 aliphatic heterocycles. The lowest BCUT2D eigenvalue weighted by Crippen LogP contribution is -2.23. The Kier molecular flexibility index (Phi) is 4.90. The lowest BCUT2D eigenvalue weighted by Gasteiger charge is -2.13. The molecule has 0 saturated heterocycles. The summed E-state index contributed by atoms with van der Waals surface area (Å²) in [5, 5.41) is 8.12. The number of carbonyl (C=O) groups excluding carboxylic acids is 1. The maximum absolute atomic E-state index is 11.7. The summed E-state index contributed by atoms with van der Waals surface area (Å²) in [5.74, 6) is -0.0935. The Morgan fingerprint density at radius 3 is 2.80 bits per heavy atom. The Labute approximate surface area is 122 Å². The van der Waals surface area contributed by atoms with Gasteiger partial charge in [-0.15, -0.1) is 17.9 Å². The third-order valence-corrected chi connectivity index (χ3v) is 3.44. The molecule has 1 aromatic carbocycles. The molecule has 2 rings (SSSR count). The second-order valence-corrected chi connectivity index (χ2v) is 5.07. The van der Waals surface area contributed by atoms with Crippen LogP contribution in [0.4, 0.5) is 5.69 Å². The third kappa shape index (κ3) is 3.68. The normalized spacial score (nSPS) is 11.7. The fraction of sp³-hybridized carbons (Fsp3) is 0.200. The summed E-state index contributed by atoms with van der Waals surface area (Å²) in [6.45, 7) is 6.09. The highest BCUT2D eigenvalue weighted by molar-refractivity contribution is 7.07. The highest BCUT2D eigenvalue weighted by Gasteiger charge is 2.08. The summed E-state index contributed by atoms with van der Waals surface area (Å²) in [6.07, 6.45) is 1.66. The van der Waals surface area contributed by atoms with E-state index < -0.39 is 0 Å². The van der Waals surface area contributed by atoms with Gasteiger partial charge in [0.2, 0.25) is 0 Å². The third-order valence-electron chi connectivity index (χ3n) is 2.83. The number of aromatic nitrogens is 1. The number of nitrogens with one attached hydrogen (secondary N) is 2. The van der Waals surface area contributed by atoms with Crippen LogP contribution in [-0.4, -0.2) is 17.4 Å². The van der Waals surface area contributed by atoms with E-state index in [-0.39, 0.29) is 11.9 Å². The van der Waals surface area contributed by atoms with Crippen molar-refractivity contribution in [1.82, 2.24) is 10.3 Å². The van der Waals surface area contributed by atoms with Crippen molar-refractivity contribution in [2.75, 3.05) is 11.9 Å². The van der Waals surface area contributed by atoms with Crippen LogP contribution in [0.5, 0.6) is 0 Å². The quantitative estimate of drug-likeness (QED) is 0.802. The molecule has 1 amide bonds. The molecule has 1 aromatic heterocycles. The average Bonchev–Trinajstić information content (AvgIpc) is 3.00. The van der Waals surface area contributed by atoms with Crippen LogP contribution < -0.4 is 10.6 Å². The standard InChI is InChI=1S/C15H17N3OS/c1-3-8-16-15(19)12-4-6-13(7-5-12)18-11(2)14-9-20-10-17-14/h3-7,9-11,18H,1,8H2,2H3,(H,16,19). The number of benzene rings is 1. The molecule has 0 spiro atoms. The molecule has 0 aliphatic rings. The first-order chi connectivity index (χ1) is 9.70. The molecule has 1 unspecified atom stereocenters. The molecule has 0 aliphatic carbocycles. The molecule has 5 heteroatoms. The van der Waals surface area contributed by atoms with E-state index in [1.165, 1.54) is 0 Å². The first-order valence-electron chi connectivity index (χ1n) is 6.34. The van der Waals surface area contributed by atoms with Crippen molar-refractivity contribution in [1.29, 1.82) is 0 Å². The van der Waals surface area contributed by atoms with Gasteiger partial charge in [0, 0.05) is 23.2 Å². The highest BCUT2D eigenvalue weighted by atomic mass is 32.1. The lowest BCUT2D eigenvalue weighted by atomic mass is 10.1. The minimum atomic E-state index is -0.0935. The van der Waals surface area contributed by atoms with Crippen LogP contribution in [-0.2, 0) is 0 Å². The number of nitrogens with zero attached hydrogens (tertiary/aromatic N) is 1. The highest BCUT2D eigenvalue weighted by Crippen LogP contribution is 2.19. The van der Waals surface area contributed by atoms with E-state index in [2.05, 4.69) is 29.1 Å². The molecule has 1 heterocycles. The van der Waals surface area contributed by atoms with Gasteiger partial charge in [0.05, 0.1) is 17.2 Å². The molecule has 0 radical (unpaired) electrons. The fourth-order valence-corrected chi connectivity index (χ4v) is 2.39. The first-order valence-corrected chi connectivity index (χ1v) is 7.28. The average molecular weight is 287 g/mol. The van der Waals surface area contributed by atoms with Crippen molar-refractivity contribution < 1.29 is 4.79 Å². The summed E-state index contributed by atoms with van der Waals surface area (Å²) in [7, 11) is 0. The van der Waals surface area contributed by atoms with E-state index in [1.807, 2.05) is 23.0 Å². The molecule has 2 aromatic rings. The number of carbonyl (C=O) groups is 1. The van der Waals surface area contributed by atoms with E-state index in [9.17, 15) is 4.79 Å². The Morgan fingerprint density at radius 1 is 1.45 bits per heavy atom. The van der Waals surface area contributed by atoms with Gasteiger partial charge in [-0.25, -0.2) is 4.98 Å². The Morgan fingerprint density at radius 2 is 2.20 bits per heavy atom. The molecular formula is C15H17N3OS. The molecule has 1 atom stereocenters. The lowest BCUT2D eigenvalue weighted by molar-refractivity contribution is 0.0958. The maximum Gasteiger partial charge on any atom is 0.251 e. The first kappa shape index (κ1) is 14.3. The molecule has 104 valence electrons. The number of rotatable bonds is 6. The maximum atomic E-state index is 11.7. The molecule has 20 heavy (non-hydrogen) atoms. The fourth-order valence-electron chi connectivity index (χ4n) is 1.74. The largest absolute Gasteiger partial charge is 0.377 e. The van der Waals surface area contributed by atoms with Gasteiger partial charge in [0.25, 0.3) is 5.91 Å². The summed E-state index contributed by atoms with van der Waals surface area (Å²) in [4.78, 5) is 16.0. The summed E-state index contributed by atoms with van der Waals surface area (Å²) in [5.41, 5.74) is 4.44. The topological polar surface area (TPSA) is 54.0 Å². The van der Waals surface area contributed by atoms with Crippen molar-refractivity contribution in [3.05, 3.63) is 59.1 Å².